The van der Waals surface area contributed by atoms with Gasteiger partial charge in [0.05, 0.1) is 17.4 Å². The maximum absolute atomic E-state index is 9.86. The molecule has 4 heterocycles. The maximum atomic E-state index is 9.86. The minimum Gasteiger partial charge on any atom is -0.483 e. The summed E-state index contributed by atoms with van der Waals surface area (Å²) in [6, 6.07) is 9.44. The number of rotatable bonds is 5. The second-order valence-electron chi connectivity index (χ2n) is 10.6. The fourth-order valence-electron chi connectivity index (χ4n) is 6.15. The molecule has 0 spiro atoms. The van der Waals surface area contributed by atoms with Crippen LogP contribution < -0.4 is 0 Å². The van der Waals surface area contributed by atoms with Gasteiger partial charge in [0.1, 0.15) is 6.61 Å². The first-order valence-electron chi connectivity index (χ1n) is 13.4. The van der Waals surface area contributed by atoms with Crippen molar-refractivity contribution in [3.63, 3.8) is 0 Å². The highest BCUT2D eigenvalue weighted by Crippen LogP contribution is 2.41. The molecule has 1 aromatic heterocycles. The van der Waals surface area contributed by atoms with Crippen LogP contribution in [0.3, 0.4) is 0 Å². The number of ether oxygens (including phenoxy) is 1. The first kappa shape index (κ1) is 30.4. The first-order valence-corrected chi connectivity index (χ1v) is 14.1. The first-order chi connectivity index (χ1) is 18.2. The van der Waals surface area contributed by atoms with Crippen LogP contribution in [0, 0.1) is 5.92 Å². The molecule has 0 radical (unpaired) electrons. The predicted octanol–water partition coefficient (Wildman–Crippen LogP) is 5.80. The minimum atomic E-state index is -0.250. The van der Waals surface area contributed by atoms with Gasteiger partial charge in [-0.15, -0.1) is 0 Å². The van der Waals surface area contributed by atoms with Gasteiger partial charge in [0.2, 0.25) is 0 Å². The maximum Gasteiger partial charge on any atom is 0.293 e. The Morgan fingerprint density at radius 1 is 1.08 bits per heavy atom. The quantitative estimate of drug-likeness (QED) is 0.457. The van der Waals surface area contributed by atoms with Gasteiger partial charge >= 0.3 is 0 Å². The van der Waals surface area contributed by atoms with E-state index in [0.717, 1.165) is 36.7 Å². The summed E-state index contributed by atoms with van der Waals surface area (Å²) in [5, 5.41) is 13.0. The third-order valence-electron chi connectivity index (χ3n) is 7.61. The Hall–Kier alpha value is -2.13. The summed E-state index contributed by atoms with van der Waals surface area (Å²) in [6.07, 6.45) is 8.19. The van der Waals surface area contributed by atoms with E-state index in [4.69, 9.17) is 38.2 Å². The third-order valence-corrected chi connectivity index (χ3v) is 8.04. The summed E-state index contributed by atoms with van der Waals surface area (Å²) >= 11 is 11.4. The van der Waals surface area contributed by atoms with Gasteiger partial charge in [-0.1, -0.05) is 36.5 Å². The zero-order valence-electron chi connectivity index (χ0n) is 22.6. The third kappa shape index (κ3) is 8.43. The number of carbonyl (C=O) groups is 2. The zero-order chi connectivity index (χ0) is 27.7. The fraction of sp³-hybridized carbons (Fsp3) is 0.607. The van der Waals surface area contributed by atoms with E-state index in [0.29, 0.717) is 22.6 Å². The summed E-state index contributed by atoms with van der Waals surface area (Å²) in [5.74, 6) is 0.904. The average molecular weight is 568 g/mol. The van der Waals surface area contributed by atoms with Crippen molar-refractivity contribution in [2.24, 2.45) is 5.92 Å². The molecule has 2 bridgehead atoms. The van der Waals surface area contributed by atoms with Gasteiger partial charge in [-0.25, -0.2) is 0 Å². The van der Waals surface area contributed by atoms with Crippen LogP contribution in [0.5, 0.6) is 0 Å². The highest BCUT2D eigenvalue weighted by atomic mass is 35.5. The molecule has 3 aliphatic rings. The molecule has 8 nitrogen and oxygen atoms in total. The number of hydrogen-bond acceptors (Lipinski definition) is 6. The van der Waals surface area contributed by atoms with Crippen molar-refractivity contribution in [3.05, 3.63) is 51.3 Å². The van der Waals surface area contributed by atoms with Crippen molar-refractivity contribution in [1.29, 1.82) is 0 Å². The molecular formula is C28H40Cl2N4O4. The summed E-state index contributed by atoms with van der Waals surface area (Å²) < 4.78 is 6.81. The highest BCUT2D eigenvalue weighted by Gasteiger charge is 2.40. The monoisotopic (exact) mass is 566 g/mol. The Morgan fingerprint density at radius 2 is 1.71 bits per heavy atom. The molecule has 210 valence electrons. The van der Waals surface area contributed by atoms with Gasteiger partial charge in [0, 0.05) is 41.8 Å². The molecule has 0 amide bonds. The lowest BCUT2D eigenvalue weighted by Gasteiger charge is -2.50. The van der Waals surface area contributed by atoms with Crippen molar-refractivity contribution >= 4 is 36.1 Å². The van der Waals surface area contributed by atoms with Crippen LogP contribution in [0.15, 0.2) is 24.3 Å². The van der Waals surface area contributed by atoms with Crippen molar-refractivity contribution in [2.45, 2.75) is 90.2 Å². The van der Waals surface area contributed by atoms with Gasteiger partial charge in [-0.2, -0.15) is 5.10 Å². The Labute approximate surface area is 235 Å². The molecule has 2 fully saturated rings. The van der Waals surface area contributed by atoms with Crippen LogP contribution in [-0.2, 0) is 34.0 Å². The second-order valence-corrected chi connectivity index (χ2v) is 11.5. The molecule has 0 aliphatic carbocycles. The molecule has 3 unspecified atom stereocenters. The van der Waals surface area contributed by atoms with Gasteiger partial charge in [-0.3, -0.25) is 19.2 Å². The van der Waals surface area contributed by atoms with E-state index in [1.54, 1.807) is 18.2 Å². The van der Waals surface area contributed by atoms with Gasteiger partial charge < -0.3 is 14.7 Å². The summed E-state index contributed by atoms with van der Waals surface area (Å²) in [7, 11) is 2.22. The fourth-order valence-corrected chi connectivity index (χ4v) is 6.72. The molecular weight excluding hydrogens is 527 g/mol. The van der Waals surface area contributed by atoms with Crippen LogP contribution >= 0.6 is 23.2 Å². The van der Waals surface area contributed by atoms with Gasteiger partial charge in [0.15, 0.2) is 0 Å². The number of fused-ring (bicyclic) bond motifs is 3. The number of hydrogen-bond donors (Lipinski definition) is 1. The van der Waals surface area contributed by atoms with E-state index in [1.807, 2.05) is 0 Å². The standard InChI is InChI=1S/C19H32N4.C8H6Cl2O2.CH2O2/c1-14-10-16-6-4-7-17(11-14)23(16)15(2)19-12-18-13-21(3)8-5-9-22(18)20-19;9-7-1-6(4-12-5-11)2-8(10)3-7;2-1-3/h12,14-17H,4-11,13H2,1-3H3;1-3,5H,4H2;1H,(H,2,3). The van der Waals surface area contributed by atoms with Crippen LogP contribution in [0.4, 0.5) is 0 Å². The number of nitrogens with zero attached hydrogens (tertiary/aromatic N) is 4. The van der Waals surface area contributed by atoms with Gasteiger partial charge in [0.25, 0.3) is 12.9 Å². The molecule has 5 rings (SSSR count). The zero-order valence-corrected chi connectivity index (χ0v) is 24.1. The van der Waals surface area contributed by atoms with E-state index in [1.165, 1.54) is 56.5 Å². The van der Waals surface area contributed by atoms with Crippen LogP contribution in [0.2, 0.25) is 10.0 Å². The molecule has 3 aliphatic heterocycles. The van der Waals surface area contributed by atoms with Crippen molar-refractivity contribution < 1.29 is 19.4 Å². The Morgan fingerprint density at radius 3 is 2.32 bits per heavy atom. The van der Waals surface area contributed by atoms with Crippen molar-refractivity contribution in [3.8, 4) is 0 Å². The number of piperidine rings is 2. The Bertz CT molecular complexity index is 1020. The lowest BCUT2D eigenvalue weighted by atomic mass is 9.78. The molecule has 2 saturated heterocycles. The van der Waals surface area contributed by atoms with Crippen LogP contribution in [-0.4, -0.2) is 63.3 Å². The topological polar surface area (TPSA) is 87.9 Å². The number of benzene rings is 1. The van der Waals surface area contributed by atoms with Crippen LogP contribution in [0.25, 0.3) is 0 Å². The lowest BCUT2D eigenvalue weighted by Crippen LogP contribution is -2.52. The average Bonchev–Trinajstić information content (AvgIpc) is 3.16. The second kappa shape index (κ2) is 14.9. The predicted molar refractivity (Wildman–Crippen MR) is 149 cm³/mol. The normalized spacial score (nSPS) is 23.9. The molecule has 0 saturated carbocycles. The number of carbonyl (C=O) groups excluding carboxylic acids is 1. The van der Waals surface area contributed by atoms with E-state index in [9.17, 15) is 4.79 Å². The largest absolute Gasteiger partial charge is 0.483 e. The molecule has 1 N–H and O–H groups in total. The number of aryl methyl sites for hydroxylation is 1. The van der Waals surface area contributed by atoms with E-state index < -0.39 is 0 Å². The molecule has 2 aromatic rings. The Balaban J connectivity index is 0.000000225. The van der Waals surface area contributed by atoms with Crippen LogP contribution in [0.1, 0.15) is 75.4 Å². The number of aromatic nitrogens is 2. The molecule has 3 atom stereocenters. The van der Waals surface area contributed by atoms with Crippen molar-refractivity contribution in [1.82, 2.24) is 19.6 Å². The van der Waals surface area contributed by atoms with E-state index in [-0.39, 0.29) is 13.1 Å². The van der Waals surface area contributed by atoms with E-state index >= 15 is 0 Å². The minimum absolute atomic E-state index is 0.198. The molecule has 38 heavy (non-hydrogen) atoms. The van der Waals surface area contributed by atoms with E-state index in [2.05, 4.69) is 46.2 Å². The Kier molecular flexibility index (Phi) is 11.9. The summed E-state index contributed by atoms with van der Waals surface area (Å²) in [6.45, 7) is 8.48. The lowest BCUT2D eigenvalue weighted by molar-refractivity contribution is -0.129. The summed E-state index contributed by atoms with van der Waals surface area (Å²) in [5.41, 5.74) is 3.49. The highest BCUT2D eigenvalue weighted by molar-refractivity contribution is 6.34. The van der Waals surface area contributed by atoms with Crippen molar-refractivity contribution in [2.75, 3.05) is 13.6 Å². The van der Waals surface area contributed by atoms with Gasteiger partial charge in [-0.05, 0) is 81.8 Å². The SMILES string of the molecule is CC1CC2CCCC(C1)N2C(C)c1cc2n(n1)CCCN(C)C2.O=CO.O=COCc1cc(Cl)cc(Cl)c1. The number of carboxylic acid groups (broad SMARTS) is 1. The number of halogens is 2. The smallest absolute Gasteiger partial charge is 0.293 e. The molecule has 1 aromatic carbocycles. The summed E-state index contributed by atoms with van der Waals surface area (Å²) in [4.78, 5) is 23.5. The molecule has 10 heteroatoms.